The van der Waals surface area contributed by atoms with E-state index in [9.17, 15) is 0 Å². The second-order valence-corrected chi connectivity index (χ2v) is 13.9. The van der Waals surface area contributed by atoms with Gasteiger partial charge < -0.3 is 18.1 Å². The standard InChI is InChI=1S/C41H34O6P2/c1-5-19-33(20-6-1)42-48(43-34-21-7-2-8-22-34)46-39-29-31-17-13-15-27-37(31)41(39)38-28-16-14-18-32(38)30-40(41)47-49(44-35-23-9-3-10-24-35)45-36-25-11-4-12-26-36/h1-28,39-40H,29-30H2/t39-,40-,41?/m0/s1. The van der Waals surface area contributed by atoms with Crippen LogP contribution in [0.15, 0.2) is 170 Å². The Morgan fingerprint density at radius 2 is 0.653 bits per heavy atom. The van der Waals surface area contributed by atoms with Gasteiger partial charge in [-0.2, -0.15) is 0 Å². The molecule has 0 unspecified atom stereocenters. The molecule has 8 heteroatoms. The van der Waals surface area contributed by atoms with Crippen LogP contribution in [-0.2, 0) is 27.3 Å². The summed E-state index contributed by atoms with van der Waals surface area (Å²) in [6, 6.07) is 55.8. The van der Waals surface area contributed by atoms with Gasteiger partial charge in [-0.15, -0.1) is 0 Å². The average molecular weight is 685 g/mol. The molecule has 0 amide bonds. The lowest BCUT2D eigenvalue weighted by Gasteiger charge is -2.39. The number of benzene rings is 6. The van der Waals surface area contributed by atoms with Crippen LogP contribution < -0.4 is 18.1 Å². The van der Waals surface area contributed by atoms with E-state index < -0.39 is 22.6 Å². The summed E-state index contributed by atoms with van der Waals surface area (Å²) in [4.78, 5) is 0. The van der Waals surface area contributed by atoms with Crippen molar-refractivity contribution in [2.75, 3.05) is 0 Å². The molecule has 49 heavy (non-hydrogen) atoms. The van der Waals surface area contributed by atoms with E-state index in [2.05, 4.69) is 48.5 Å². The summed E-state index contributed by atoms with van der Waals surface area (Å²) >= 11 is 0. The van der Waals surface area contributed by atoms with Crippen LogP contribution in [0.5, 0.6) is 23.0 Å². The van der Waals surface area contributed by atoms with E-state index in [4.69, 9.17) is 27.1 Å². The lowest BCUT2D eigenvalue weighted by atomic mass is 9.73. The van der Waals surface area contributed by atoms with Crippen LogP contribution in [0.4, 0.5) is 0 Å². The molecule has 2 atom stereocenters. The van der Waals surface area contributed by atoms with Crippen molar-refractivity contribution in [3.05, 3.63) is 192 Å². The van der Waals surface area contributed by atoms with Gasteiger partial charge in [-0.25, -0.2) is 0 Å². The van der Waals surface area contributed by atoms with Gasteiger partial charge in [0.15, 0.2) is 0 Å². The summed E-state index contributed by atoms with van der Waals surface area (Å²) in [6.07, 6.45) is 0.525. The second kappa shape index (κ2) is 14.4. The first-order valence-electron chi connectivity index (χ1n) is 16.3. The maximum Gasteiger partial charge on any atom is 0.463 e. The predicted molar refractivity (Wildman–Crippen MR) is 193 cm³/mol. The summed E-state index contributed by atoms with van der Waals surface area (Å²) in [5.41, 5.74) is 4.03. The summed E-state index contributed by atoms with van der Waals surface area (Å²) in [5.74, 6) is 2.68. The molecule has 0 aromatic heterocycles. The molecule has 2 aliphatic rings. The number of fused-ring (bicyclic) bond motifs is 4. The van der Waals surface area contributed by atoms with Gasteiger partial charge in [0.2, 0.25) is 0 Å². The number of rotatable bonds is 12. The monoisotopic (exact) mass is 684 g/mol. The third-order valence-electron chi connectivity index (χ3n) is 8.87. The van der Waals surface area contributed by atoms with Crippen LogP contribution in [0.1, 0.15) is 22.3 Å². The zero-order chi connectivity index (χ0) is 32.9. The minimum absolute atomic E-state index is 0.387. The molecule has 8 rings (SSSR count). The SMILES string of the molecule is c1ccc(OP(Oc2ccccc2)O[C@H]2Cc3ccccc3C23c2ccccc2C[C@@H]3OP(Oc2ccccc2)Oc2ccccc2)cc1. The van der Waals surface area contributed by atoms with Crippen LogP contribution in [0, 0.1) is 0 Å². The van der Waals surface area contributed by atoms with Crippen molar-refractivity contribution in [1.82, 2.24) is 0 Å². The van der Waals surface area contributed by atoms with E-state index in [0.29, 0.717) is 35.8 Å². The Labute approximate surface area is 289 Å². The number of hydrogen-bond acceptors (Lipinski definition) is 6. The van der Waals surface area contributed by atoms with Crippen LogP contribution in [-0.4, -0.2) is 12.2 Å². The van der Waals surface area contributed by atoms with Gasteiger partial charge in [0, 0.05) is 12.8 Å². The molecule has 0 heterocycles. The Kier molecular flexibility index (Phi) is 9.29. The van der Waals surface area contributed by atoms with Crippen molar-refractivity contribution < 1.29 is 27.1 Å². The molecule has 1 spiro atoms. The lowest BCUT2D eigenvalue weighted by Crippen LogP contribution is -2.47. The minimum Gasteiger partial charge on any atom is -0.418 e. The van der Waals surface area contributed by atoms with Crippen molar-refractivity contribution in [2.24, 2.45) is 0 Å². The van der Waals surface area contributed by atoms with Gasteiger partial charge in [0.1, 0.15) is 23.0 Å². The molecular formula is C41H34O6P2. The Balaban J connectivity index is 1.20. The first-order chi connectivity index (χ1) is 24.3. The highest BCUT2D eigenvalue weighted by atomic mass is 31.2. The maximum absolute atomic E-state index is 7.11. The third kappa shape index (κ3) is 6.66. The predicted octanol–water partition coefficient (Wildman–Crippen LogP) is 10.6. The highest BCUT2D eigenvalue weighted by Crippen LogP contribution is 2.60. The molecule has 2 aliphatic carbocycles. The van der Waals surface area contributed by atoms with Crippen molar-refractivity contribution in [2.45, 2.75) is 30.5 Å². The molecule has 6 nitrogen and oxygen atoms in total. The van der Waals surface area contributed by atoms with Crippen LogP contribution in [0.2, 0.25) is 0 Å². The first kappa shape index (κ1) is 31.6. The van der Waals surface area contributed by atoms with Crippen LogP contribution in [0.25, 0.3) is 0 Å². The van der Waals surface area contributed by atoms with E-state index in [-0.39, 0.29) is 12.2 Å². The van der Waals surface area contributed by atoms with Crippen LogP contribution in [0.3, 0.4) is 0 Å². The van der Waals surface area contributed by atoms with E-state index in [1.807, 2.05) is 121 Å². The van der Waals surface area contributed by atoms with E-state index in [1.54, 1.807) is 0 Å². The molecule has 0 radical (unpaired) electrons. The zero-order valence-corrected chi connectivity index (χ0v) is 28.4. The van der Waals surface area contributed by atoms with Crippen molar-refractivity contribution in [3.8, 4) is 23.0 Å². The molecule has 6 aromatic rings. The quantitative estimate of drug-likeness (QED) is 0.120. The molecule has 0 N–H and O–H groups in total. The van der Waals surface area contributed by atoms with E-state index >= 15 is 0 Å². The largest absolute Gasteiger partial charge is 0.463 e. The summed E-state index contributed by atoms with van der Waals surface area (Å²) in [5, 5.41) is 0. The van der Waals surface area contributed by atoms with Crippen molar-refractivity contribution >= 4 is 17.2 Å². The highest BCUT2D eigenvalue weighted by molar-refractivity contribution is 7.43. The zero-order valence-electron chi connectivity index (χ0n) is 26.6. The van der Waals surface area contributed by atoms with Gasteiger partial charge >= 0.3 is 17.2 Å². The fraction of sp³-hybridized carbons (Fsp3) is 0.122. The Hall–Kier alpha value is -4.70. The fourth-order valence-electron chi connectivity index (χ4n) is 6.81. The summed E-state index contributed by atoms with van der Waals surface area (Å²) in [6.45, 7) is 0. The molecule has 6 aromatic carbocycles. The number of hydrogen-bond donors (Lipinski definition) is 0. The van der Waals surface area contributed by atoms with Gasteiger partial charge in [0.25, 0.3) is 0 Å². The summed E-state index contributed by atoms with van der Waals surface area (Å²) < 4.78 is 40.1. The molecular weight excluding hydrogens is 650 g/mol. The lowest BCUT2D eigenvalue weighted by molar-refractivity contribution is 0.0470. The molecule has 0 fully saturated rings. The molecule has 0 saturated heterocycles. The molecule has 0 saturated carbocycles. The highest BCUT2D eigenvalue weighted by Gasteiger charge is 2.60. The second-order valence-electron chi connectivity index (χ2n) is 11.8. The normalized spacial score (nSPS) is 17.1. The molecule has 0 bridgehead atoms. The van der Waals surface area contributed by atoms with E-state index in [0.717, 1.165) is 0 Å². The molecule has 0 aliphatic heterocycles. The number of para-hydroxylation sites is 4. The first-order valence-corrected chi connectivity index (χ1v) is 18.5. The maximum atomic E-state index is 7.11. The van der Waals surface area contributed by atoms with Crippen molar-refractivity contribution in [1.29, 1.82) is 0 Å². The van der Waals surface area contributed by atoms with Crippen LogP contribution >= 0.6 is 17.2 Å². The Morgan fingerprint density at radius 3 is 0.980 bits per heavy atom. The third-order valence-corrected chi connectivity index (χ3v) is 11.2. The topological polar surface area (TPSA) is 55.4 Å². The van der Waals surface area contributed by atoms with Gasteiger partial charge in [-0.05, 0) is 70.8 Å². The Bertz CT molecular complexity index is 1740. The van der Waals surface area contributed by atoms with Gasteiger partial charge in [-0.1, -0.05) is 121 Å². The average Bonchev–Trinajstić information content (AvgIpc) is 3.65. The molecule has 244 valence electrons. The Morgan fingerprint density at radius 1 is 0.367 bits per heavy atom. The van der Waals surface area contributed by atoms with Gasteiger partial charge in [0.05, 0.1) is 17.6 Å². The fourth-order valence-corrected chi connectivity index (χ4v) is 9.13. The minimum atomic E-state index is -1.89. The summed E-state index contributed by atoms with van der Waals surface area (Å²) in [7, 11) is -3.78. The van der Waals surface area contributed by atoms with Gasteiger partial charge in [-0.3, -0.25) is 9.05 Å². The van der Waals surface area contributed by atoms with Crippen molar-refractivity contribution in [3.63, 3.8) is 0 Å². The smallest absolute Gasteiger partial charge is 0.418 e. The van der Waals surface area contributed by atoms with E-state index in [1.165, 1.54) is 22.3 Å².